The van der Waals surface area contributed by atoms with Crippen molar-refractivity contribution in [2.75, 3.05) is 37.7 Å². The van der Waals surface area contributed by atoms with Gasteiger partial charge in [-0.25, -0.2) is 0 Å². The van der Waals surface area contributed by atoms with Gasteiger partial charge < -0.3 is 14.4 Å². The zero-order chi connectivity index (χ0) is 27.4. The van der Waals surface area contributed by atoms with Gasteiger partial charge in [-0.2, -0.15) is 5.26 Å². The van der Waals surface area contributed by atoms with Gasteiger partial charge in [0.05, 0.1) is 30.1 Å². The molecule has 0 aliphatic carbocycles. The molecule has 0 aromatic carbocycles. The van der Waals surface area contributed by atoms with Gasteiger partial charge in [0.1, 0.15) is 21.8 Å². The van der Waals surface area contributed by atoms with E-state index in [9.17, 15) is 19.6 Å². The first-order valence-electron chi connectivity index (χ1n) is 13.3. The Morgan fingerprint density at radius 2 is 2.08 bits per heavy atom. The number of hydrogen-bond donors (Lipinski definition) is 0. The second-order valence-electron chi connectivity index (χ2n) is 9.77. The van der Waals surface area contributed by atoms with Crippen molar-refractivity contribution in [3.05, 3.63) is 31.9 Å². The summed E-state index contributed by atoms with van der Waals surface area (Å²) in [6.45, 7) is 8.36. The SMILES string of the molecule is CCCn1c(N2CCCC(C(=O)OCC)C2)c(/C=C2/SC(=S)N(CC3CCCO3)C2=O)c(C)c(C#N)c1=O. The molecule has 4 heterocycles. The molecule has 9 nitrogen and oxygen atoms in total. The number of pyridine rings is 1. The van der Waals surface area contributed by atoms with E-state index in [2.05, 4.69) is 6.07 Å². The summed E-state index contributed by atoms with van der Waals surface area (Å²) in [5.74, 6) is -0.131. The summed E-state index contributed by atoms with van der Waals surface area (Å²) in [6, 6.07) is 2.08. The van der Waals surface area contributed by atoms with E-state index in [1.807, 2.05) is 11.8 Å². The molecule has 0 spiro atoms. The third-order valence-electron chi connectivity index (χ3n) is 7.19. The summed E-state index contributed by atoms with van der Waals surface area (Å²) in [6.07, 6.45) is 5.74. The largest absolute Gasteiger partial charge is 0.466 e. The molecule has 1 amide bonds. The third kappa shape index (κ3) is 5.67. The summed E-state index contributed by atoms with van der Waals surface area (Å²) in [7, 11) is 0. The van der Waals surface area contributed by atoms with E-state index in [0.29, 0.717) is 78.4 Å². The first-order chi connectivity index (χ1) is 18.3. The number of anilines is 1. The molecule has 3 fully saturated rings. The highest BCUT2D eigenvalue weighted by Gasteiger charge is 2.36. The first kappa shape index (κ1) is 28.3. The van der Waals surface area contributed by atoms with Crippen LogP contribution in [0.2, 0.25) is 0 Å². The number of esters is 1. The van der Waals surface area contributed by atoms with Gasteiger partial charge in [0.2, 0.25) is 0 Å². The van der Waals surface area contributed by atoms with Crippen LogP contribution in [0.3, 0.4) is 0 Å². The summed E-state index contributed by atoms with van der Waals surface area (Å²) in [4.78, 5) is 43.5. The Morgan fingerprint density at radius 1 is 1.29 bits per heavy atom. The topological polar surface area (TPSA) is 105 Å². The number of thioether (sulfide) groups is 1. The van der Waals surface area contributed by atoms with Crippen molar-refractivity contribution in [1.82, 2.24) is 9.47 Å². The van der Waals surface area contributed by atoms with E-state index in [0.717, 1.165) is 19.3 Å². The smallest absolute Gasteiger partial charge is 0.310 e. The molecule has 0 N–H and O–H groups in total. The summed E-state index contributed by atoms with van der Waals surface area (Å²) in [5, 5.41) is 9.87. The van der Waals surface area contributed by atoms with Crippen LogP contribution in [-0.4, -0.2) is 64.6 Å². The number of thiocarbonyl (C=S) groups is 1. The van der Waals surface area contributed by atoms with Crippen LogP contribution in [0.1, 0.15) is 62.6 Å². The number of piperidine rings is 1. The Bertz CT molecular complexity index is 1250. The predicted molar refractivity (Wildman–Crippen MR) is 151 cm³/mol. The van der Waals surface area contributed by atoms with Gasteiger partial charge in [0.15, 0.2) is 0 Å². The molecule has 3 aliphatic heterocycles. The van der Waals surface area contributed by atoms with Crippen molar-refractivity contribution in [2.45, 2.75) is 65.5 Å². The third-order valence-corrected chi connectivity index (χ3v) is 8.57. The molecule has 1 aromatic heterocycles. The predicted octanol–water partition coefficient (Wildman–Crippen LogP) is 3.60. The lowest BCUT2D eigenvalue weighted by atomic mass is 9.96. The Hall–Kier alpha value is -2.68. The van der Waals surface area contributed by atoms with Gasteiger partial charge in [0, 0.05) is 31.8 Å². The number of nitriles is 1. The molecular formula is C27H34N4O5S2. The molecule has 0 bridgehead atoms. The quantitative estimate of drug-likeness (QED) is 0.269. The Morgan fingerprint density at radius 3 is 2.74 bits per heavy atom. The van der Waals surface area contributed by atoms with Crippen LogP contribution in [-0.2, 0) is 25.6 Å². The second-order valence-corrected chi connectivity index (χ2v) is 11.4. The molecule has 38 heavy (non-hydrogen) atoms. The van der Waals surface area contributed by atoms with E-state index in [1.165, 1.54) is 11.8 Å². The minimum Gasteiger partial charge on any atom is -0.466 e. The van der Waals surface area contributed by atoms with Crippen molar-refractivity contribution in [1.29, 1.82) is 5.26 Å². The average molecular weight is 559 g/mol. The second kappa shape index (κ2) is 12.5. The maximum absolute atomic E-state index is 13.4. The number of amides is 1. The van der Waals surface area contributed by atoms with Crippen molar-refractivity contribution in [3.63, 3.8) is 0 Å². The lowest BCUT2D eigenvalue weighted by molar-refractivity contribution is -0.148. The molecule has 4 rings (SSSR count). The maximum Gasteiger partial charge on any atom is 0.310 e. The summed E-state index contributed by atoms with van der Waals surface area (Å²) < 4.78 is 13.1. The Kier molecular flexibility index (Phi) is 9.28. The molecular weight excluding hydrogens is 524 g/mol. The molecule has 3 saturated heterocycles. The minimum absolute atomic E-state index is 0.0287. The molecule has 3 aliphatic rings. The molecule has 1 aromatic rings. The van der Waals surface area contributed by atoms with E-state index in [4.69, 9.17) is 21.7 Å². The molecule has 0 radical (unpaired) electrons. The highest BCUT2D eigenvalue weighted by Crippen LogP contribution is 2.37. The molecule has 2 atom stereocenters. The van der Waals surface area contributed by atoms with Crippen molar-refractivity contribution in [2.24, 2.45) is 5.92 Å². The Balaban J connectivity index is 1.79. The molecule has 0 saturated carbocycles. The highest BCUT2D eigenvalue weighted by atomic mass is 32.2. The maximum atomic E-state index is 13.4. The summed E-state index contributed by atoms with van der Waals surface area (Å²) >= 11 is 6.77. The van der Waals surface area contributed by atoms with E-state index < -0.39 is 0 Å². The average Bonchev–Trinajstić information content (AvgIpc) is 3.51. The summed E-state index contributed by atoms with van der Waals surface area (Å²) in [5.41, 5.74) is 0.852. The lowest BCUT2D eigenvalue weighted by Crippen LogP contribution is -2.43. The van der Waals surface area contributed by atoms with Crippen molar-refractivity contribution < 1.29 is 19.1 Å². The van der Waals surface area contributed by atoms with Gasteiger partial charge >= 0.3 is 5.97 Å². The van der Waals surface area contributed by atoms with Gasteiger partial charge in [-0.3, -0.25) is 23.9 Å². The Labute approximate surface area is 232 Å². The van der Waals surface area contributed by atoms with Crippen LogP contribution in [0.15, 0.2) is 9.70 Å². The fourth-order valence-corrected chi connectivity index (χ4v) is 6.58. The number of carbonyl (C=O) groups is 2. The number of carbonyl (C=O) groups excluding carboxylic acids is 2. The molecule has 204 valence electrons. The van der Waals surface area contributed by atoms with Gasteiger partial charge in [-0.15, -0.1) is 0 Å². The lowest BCUT2D eigenvalue weighted by Gasteiger charge is -2.36. The molecule has 2 unspecified atom stereocenters. The van der Waals surface area contributed by atoms with E-state index in [1.54, 1.807) is 29.4 Å². The van der Waals surface area contributed by atoms with Crippen LogP contribution in [0.25, 0.3) is 6.08 Å². The number of aromatic nitrogens is 1. The van der Waals surface area contributed by atoms with Crippen LogP contribution >= 0.6 is 24.0 Å². The number of ether oxygens (including phenoxy) is 2. The fraction of sp³-hybridized carbons (Fsp3) is 0.593. The van der Waals surface area contributed by atoms with Gasteiger partial charge in [0.25, 0.3) is 11.5 Å². The zero-order valence-corrected chi connectivity index (χ0v) is 23.8. The van der Waals surface area contributed by atoms with Crippen LogP contribution < -0.4 is 10.5 Å². The fourth-order valence-electron chi connectivity index (χ4n) is 5.32. The van der Waals surface area contributed by atoms with E-state index >= 15 is 0 Å². The van der Waals surface area contributed by atoms with Crippen LogP contribution in [0, 0.1) is 24.2 Å². The van der Waals surface area contributed by atoms with E-state index in [-0.39, 0.29) is 35.0 Å². The van der Waals surface area contributed by atoms with Crippen molar-refractivity contribution >= 4 is 52.1 Å². The highest BCUT2D eigenvalue weighted by molar-refractivity contribution is 8.26. The van der Waals surface area contributed by atoms with Crippen LogP contribution in [0.4, 0.5) is 5.82 Å². The first-order valence-corrected chi connectivity index (χ1v) is 14.5. The number of nitrogens with zero attached hydrogens (tertiary/aromatic N) is 4. The zero-order valence-electron chi connectivity index (χ0n) is 22.2. The molecule has 11 heteroatoms. The number of rotatable bonds is 8. The standard InChI is InChI=1S/C27H34N4O5S2/c1-4-10-30-23(29-11-6-8-18(15-29)26(34)35-5-2)20(17(3)21(14-28)24(30)32)13-22-25(33)31(27(37)38-22)16-19-9-7-12-36-19/h13,18-19H,4-12,15-16H2,1-3H3/b22-13+. The van der Waals surface area contributed by atoms with Gasteiger partial charge in [-0.05, 0) is 57.6 Å². The monoisotopic (exact) mass is 558 g/mol. The van der Waals surface area contributed by atoms with Crippen LogP contribution in [0.5, 0.6) is 0 Å². The minimum atomic E-state index is -0.358. The van der Waals surface area contributed by atoms with Gasteiger partial charge in [-0.1, -0.05) is 30.9 Å². The normalized spacial score (nSPS) is 22.8. The number of hydrogen-bond acceptors (Lipinski definition) is 9. The van der Waals surface area contributed by atoms with Crippen molar-refractivity contribution in [3.8, 4) is 6.07 Å².